The van der Waals surface area contributed by atoms with Gasteiger partial charge in [-0.3, -0.25) is 9.59 Å². The maximum absolute atomic E-state index is 12.7. The second-order valence-corrected chi connectivity index (χ2v) is 7.48. The second-order valence-electron chi connectivity index (χ2n) is 7.48. The maximum Gasteiger partial charge on any atom is 0.341 e. The van der Waals surface area contributed by atoms with Crippen LogP contribution < -0.4 is 24.4 Å². The number of carbonyl (C=O) groups excluding carboxylic acids is 3. The minimum atomic E-state index is -0.522. The van der Waals surface area contributed by atoms with Crippen LogP contribution in [0.15, 0.2) is 36.4 Å². The topological polar surface area (TPSA) is 103 Å². The van der Waals surface area contributed by atoms with Gasteiger partial charge in [0.05, 0.1) is 20.1 Å². The molecule has 1 fully saturated rings. The van der Waals surface area contributed by atoms with Crippen molar-refractivity contribution in [2.45, 2.75) is 13.0 Å². The summed E-state index contributed by atoms with van der Waals surface area (Å²) < 4.78 is 21.1. The summed E-state index contributed by atoms with van der Waals surface area (Å²) in [6.07, 6.45) is 0.121. The zero-order valence-electron chi connectivity index (χ0n) is 17.9. The molecule has 2 aromatic carbocycles. The number of anilines is 1. The van der Waals surface area contributed by atoms with Crippen LogP contribution in [0.25, 0.3) is 0 Å². The van der Waals surface area contributed by atoms with Crippen molar-refractivity contribution in [1.82, 2.24) is 5.32 Å². The van der Waals surface area contributed by atoms with E-state index in [-0.39, 0.29) is 36.9 Å². The van der Waals surface area contributed by atoms with Gasteiger partial charge in [-0.05, 0) is 29.8 Å². The van der Waals surface area contributed by atoms with Crippen LogP contribution in [-0.2, 0) is 20.9 Å². The van der Waals surface area contributed by atoms with E-state index in [1.54, 1.807) is 41.3 Å². The van der Waals surface area contributed by atoms with Gasteiger partial charge in [0.2, 0.25) is 11.8 Å². The van der Waals surface area contributed by atoms with Gasteiger partial charge >= 0.3 is 5.97 Å². The third kappa shape index (κ3) is 4.32. The molecule has 9 nitrogen and oxygen atoms in total. The molecule has 0 radical (unpaired) electrons. The summed E-state index contributed by atoms with van der Waals surface area (Å²) in [5.74, 6) is 0.277. The number of carbonyl (C=O) groups is 3. The zero-order valence-corrected chi connectivity index (χ0v) is 17.9. The van der Waals surface area contributed by atoms with Crippen molar-refractivity contribution in [2.24, 2.45) is 5.92 Å². The third-order valence-electron chi connectivity index (χ3n) is 5.47. The molecule has 0 unspecified atom stereocenters. The van der Waals surface area contributed by atoms with Crippen molar-refractivity contribution >= 4 is 23.5 Å². The molecule has 2 heterocycles. The Morgan fingerprint density at radius 2 is 1.88 bits per heavy atom. The first kappa shape index (κ1) is 21.5. The zero-order chi connectivity index (χ0) is 22.7. The molecule has 1 atom stereocenters. The molecule has 1 saturated heterocycles. The fourth-order valence-electron chi connectivity index (χ4n) is 3.80. The molecular formula is C23H24N2O7. The maximum atomic E-state index is 12.7. The van der Waals surface area contributed by atoms with E-state index in [4.69, 9.17) is 18.9 Å². The van der Waals surface area contributed by atoms with Crippen LogP contribution in [0.4, 0.5) is 5.69 Å². The van der Waals surface area contributed by atoms with Gasteiger partial charge in [-0.1, -0.05) is 6.07 Å². The Morgan fingerprint density at radius 1 is 1.09 bits per heavy atom. The van der Waals surface area contributed by atoms with Gasteiger partial charge in [0.1, 0.15) is 24.5 Å². The molecule has 1 N–H and O–H groups in total. The molecule has 2 aliphatic rings. The number of ether oxygens (including phenoxy) is 4. The number of nitrogens with one attached hydrogen (secondary N) is 1. The average Bonchev–Trinajstić information content (AvgIpc) is 3.23. The molecule has 32 heavy (non-hydrogen) atoms. The fraction of sp³-hybridized carbons (Fsp3) is 0.348. The van der Waals surface area contributed by atoms with E-state index in [9.17, 15) is 14.4 Å². The molecule has 0 aromatic heterocycles. The minimum Gasteiger partial charge on any atom is -0.496 e. The van der Waals surface area contributed by atoms with E-state index in [1.165, 1.54) is 14.2 Å². The van der Waals surface area contributed by atoms with E-state index >= 15 is 0 Å². The molecular weight excluding hydrogens is 416 g/mol. The lowest BCUT2D eigenvalue weighted by molar-refractivity contribution is -0.126. The average molecular weight is 440 g/mol. The number of fused-ring (bicyclic) bond motifs is 1. The Morgan fingerprint density at radius 3 is 2.62 bits per heavy atom. The van der Waals surface area contributed by atoms with Crippen molar-refractivity contribution in [2.75, 3.05) is 38.9 Å². The summed E-state index contributed by atoms with van der Waals surface area (Å²) in [7, 11) is 2.76. The molecule has 0 spiro atoms. The molecule has 0 aliphatic carbocycles. The van der Waals surface area contributed by atoms with Crippen molar-refractivity contribution in [3.05, 3.63) is 47.5 Å². The number of hydrogen-bond acceptors (Lipinski definition) is 7. The molecule has 0 bridgehead atoms. The van der Waals surface area contributed by atoms with E-state index in [2.05, 4.69) is 5.32 Å². The van der Waals surface area contributed by atoms with Crippen molar-refractivity contribution in [3.63, 3.8) is 0 Å². The van der Waals surface area contributed by atoms with Gasteiger partial charge in [0.25, 0.3) is 0 Å². The summed E-state index contributed by atoms with van der Waals surface area (Å²) in [6, 6.07) is 10.3. The first-order valence-electron chi connectivity index (χ1n) is 10.2. The summed E-state index contributed by atoms with van der Waals surface area (Å²) in [4.78, 5) is 38.8. The van der Waals surface area contributed by atoms with Gasteiger partial charge < -0.3 is 29.2 Å². The second kappa shape index (κ2) is 9.17. The predicted molar refractivity (Wildman–Crippen MR) is 114 cm³/mol. The van der Waals surface area contributed by atoms with Crippen molar-refractivity contribution in [1.29, 1.82) is 0 Å². The summed E-state index contributed by atoms with van der Waals surface area (Å²) in [5, 5.41) is 2.85. The van der Waals surface area contributed by atoms with Crippen LogP contribution in [0, 0.1) is 5.92 Å². The Bertz CT molecular complexity index is 1050. The minimum absolute atomic E-state index is 0.121. The molecule has 2 aromatic rings. The number of benzene rings is 2. The normalized spacial score (nSPS) is 17.1. The number of methoxy groups -OCH3 is 2. The number of nitrogens with zero attached hydrogens (tertiary/aromatic N) is 1. The predicted octanol–water partition coefficient (Wildman–Crippen LogP) is 1.92. The van der Waals surface area contributed by atoms with E-state index < -0.39 is 11.9 Å². The van der Waals surface area contributed by atoms with Gasteiger partial charge in [-0.25, -0.2) is 4.79 Å². The lowest BCUT2D eigenvalue weighted by atomic mass is 10.1. The Labute approximate surface area is 185 Å². The fourth-order valence-corrected chi connectivity index (χ4v) is 3.80. The highest BCUT2D eigenvalue weighted by atomic mass is 16.6. The summed E-state index contributed by atoms with van der Waals surface area (Å²) >= 11 is 0. The SMILES string of the molecule is COC(=O)c1cc(CNC(=O)[C@@H]2CC(=O)N(c3ccc4c(c3)OCCO4)C2)ccc1OC. The Balaban J connectivity index is 1.40. The van der Waals surface area contributed by atoms with Gasteiger partial charge in [-0.2, -0.15) is 0 Å². The molecule has 4 rings (SSSR count). The highest BCUT2D eigenvalue weighted by molar-refractivity contribution is 6.00. The highest BCUT2D eigenvalue weighted by Gasteiger charge is 2.35. The van der Waals surface area contributed by atoms with Gasteiger partial charge in [0.15, 0.2) is 11.5 Å². The van der Waals surface area contributed by atoms with Crippen LogP contribution in [0.1, 0.15) is 22.3 Å². The number of hydrogen-bond donors (Lipinski definition) is 1. The summed E-state index contributed by atoms with van der Waals surface area (Å²) in [6.45, 7) is 1.44. The van der Waals surface area contributed by atoms with Crippen LogP contribution >= 0.6 is 0 Å². The van der Waals surface area contributed by atoms with Crippen molar-refractivity contribution in [3.8, 4) is 17.2 Å². The van der Waals surface area contributed by atoms with Gasteiger partial charge in [-0.15, -0.1) is 0 Å². The van der Waals surface area contributed by atoms with Crippen molar-refractivity contribution < 1.29 is 33.3 Å². The number of amides is 2. The highest BCUT2D eigenvalue weighted by Crippen LogP contribution is 2.36. The Hall–Kier alpha value is -3.75. The van der Waals surface area contributed by atoms with E-state index in [1.807, 2.05) is 0 Å². The van der Waals surface area contributed by atoms with Crippen LogP contribution in [0.3, 0.4) is 0 Å². The molecule has 2 aliphatic heterocycles. The van der Waals surface area contributed by atoms with E-state index in [0.29, 0.717) is 41.7 Å². The standard InChI is InChI=1S/C23H24N2O7/c1-29-18-5-3-14(9-17(18)23(28)30-2)12-24-22(27)15-10-21(26)25(13-15)16-4-6-19-20(11-16)32-8-7-31-19/h3-6,9,11,15H,7-8,10,12-13H2,1-2H3,(H,24,27)/t15-/m1/s1. The monoisotopic (exact) mass is 440 g/mol. The first-order valence-corrected chi connectivity index (χ1v) is 10.2. The first-order chi connectivity index (χ1) is 15.5. The van der Waals surface area contributed by atoms with E-state index in [0.717, 1.165) is 0 Å². The molecule has 168 valence electrons. The lowest BCUT2D eigenvalue weighted by Crippen LogP contribution is -2.32. The Kier molecular flexibility index (Phi) is 6.16. The van der Waals surface area contributed by atoms with Gasteiger partial charge in [0, 0.05) is 31.3 Å². The molecule has 9 heteroatoms. The number of esters is 1. The van der Waals surface area contributed by atoms with Crippen LogP contribution in [0.5, 0.6) is 17.2 Å². The molecule has 2 amide bonds. The summed E-state index contributed by atoms with van der Waals surface area (Å²) in [5.41, 5.74) is 1.67. The smallest absolute Gasteiger partial charge is 0.341 e. The quantitative estimate of drug-likeness (QED) is 0.685. The van der Waals surface area contributed by atoms with Crippen LogP contribution in [0.2, 0.25) is 0 Å². The number of rotatable bonds is 6. The lowest BCUT2D eigenvalue weighted by Gasteiger charge is -2.22. The largest absolute Gasteiger partial charge is 0.496 e. The third-order valence-corrected chi connectivity index (χ3v) is 5.47. The van der Waals surface area contributed by atoms with Crippen LogP contribution in [-0.4, -0.2) is 51.8 Å². The molecule has 0 saturated carbocycles.